The predicted octanol–water partition coefficient (Wildman–Crippen LogP) is 5.99. The molecule has 150 valence electrons. The second-order valence-corrected chi connectivity index (χ2v) is 8.73. The van der Waals surface area contributed by atoms with E-state index in [1.54, 1.807) is 12.0 Å². The third kappa shape index (κ3) is 4.74. The molecule has 0 bridgehead atoms. The highest BCUT2D eigenvalue weighted by atomic mass is 79.9. The van der Waals surface area contributed by atoms with Gasteiger partial charge in [0, 0.05) is 10.0 Å². The first-order valence-electron chi connectivity index (χ1n) is 8.96. The van der Waals surface area contributed by atoms with E-state index in [1.807, 2.05) is 55.5 Å². The van der Waals surface area contributed by atoms with Crippen molar-refractivity contribution < 1.29 is 14.3 Å². The maximum absolute atomic E-state index is 13.0. The van der Waals surface area contributed by atoms with E-state index in [0.29, 0.717) is 33.8 Å². The summed E-state index contributed by atoms with van der Waals surface area (Å²) >= 11 is 10.2. The molecule has 0 saturated carbocycles. The van der Waals surface area contributed by atoms with E-state index >= 15 is 0 Å². The second kappa shape index (κ2) is 9.61. The lowest BCUT2D eigenvalue weighted by Gasteiger charge is -2.15. The van der Waals surface area contributed by atoms with Gasteiger partial charge in [0.2, 0.25) is 0 Å². The van der Waals surface area contributed by atoms with Crippen molar-refractivity contribution in [2.75, 3.05) is 18.6 Å². The molecule has 1 heterocycles. The number of benzene rings is 2. The molecular formula is C22H20BrNO3S2. The molecule has 0 aromatic heterocycles. The first-order valence-corrected chi connectivity index (χ1v) is 11.0. The lowest BCUT2D eigenvalue weighted by molar-refractivity contribution is -0.113. The summed E-state index contributed by atoms with van der Waals surface area (Å²) in [5, 5.41) is 0. The van der Waals surface area contributed by atoms with Gasteiger partial charge in [0.15, 0.2) is 15.8 Å². The zero-order chi connectivity index (χ0) is 21.0. The van der Waals surface area contributed by atoms with Gasteiger partial charge in [0.1, 0.15) is 0 Å². The van der Waals surface area contributed by atoms with Gasteiger partial charge in [-0.25, -0.2) is 0 Å². The first-order chi connectivity index (χ1) is 14.0. The zero-order valence-electron chi connectivity index (χ0n) is 16.1. The van der Waals surface area contributed by atoms with Crippen molar-refractivity contribution in [1.82, 2.24) is 0 Å². The lowest BCUT2D eigenvalue weighted by atomic mass is 10.0. The summed E-state index contributed by atoms with van der Waals surface area (Å²) in [6, 6.07) is 11.4. The molecule has 4 nitrogen and oxygen atoms in total. The number of allylic oxidation sites excluding steroid dienone is 1. The summed E-state index contributed by atoms with van der Waals surface area (Å²) in [6.45, 7) is 6.25. The Hall–Kier alpha value is -2.09. The highest BCUT2D eigenvalue weighted by Gasteiger charge is 2.33. The van der Waals surface area contributed by atoms with Gasteiger partial charge in [-0.3, -0.25) is 9.69 Å². The Balaban J connectivity index is 2.00. The van der Waals surface area contributed by atoms with Crippen LogP contribution in [0.15, 0.2) is 58.4 Å². The smallest absolute Gasteiger partial charge is 0.270 e. The van der Waals surface area contributed by atoms with Crippen LogP contribution in [0.2, 0.25) is 0 Å². The predicted molar refractivity (Wildman–Crippen MR) is 128 cm³/mol. The summed E-state index contributed by atoms with van der Waals surface area (Å²) < 4.78 is 12.7. The lowest BCUT2D eigenvalue weighted by Crippen LogP contribution is -2.27. The van der Waals surface area contributed by atoms with Crippen molar-refractivity contribution in [3.8, 4) is 11.5 Å². The molecule has 0 atom stereocenters. The number of carbonyl (C=O) groups excluding carboxylic acids is 1. The van der Waals surface area contributed by atoms with Crippen molar-refractivity contribution in [2.45, 2.75) is 13.3 Å². The number of anilines is 1. The van der Waals surface area contributed by atoms with Gasteiger partial charge in [-0.1, -0.05) is 52.1 Å². The number of ether oxygens (including phenoxy) is 2. The molecule has 1 saturated heterocycles. The van der Waals surface area contributed by atoms with Crippen LogP contribution in [0, 0.1) is 0 Å². The number of halogens is 1. The van der Waals surface area contributed by atoms with Crippen LogP contribution >= 0.6 is 39.9 Å². The van der Waals surface area contributed by atoms with Crippen LogP contribution in [0.5, 0.6) is 11.5 Å². The van der Waals surface area contributed by atoms with E-state index in [2.05, 4.69) is 22.5 Å². The molecule has 0 unspecified atom stereocenters. The highest BCUT2D eigenvalue weighted by molar-refractivity contribution is 9.10. The van der Waals surface area contributed by atoms with Gasteiger partial charge in [-0.2, -0.15) is 0 Å². The number of carbonyl (C=O) groups is 1. The molecular weight excluding hydrogens is 470 g/mol. The number of amides is 1. The number of thiocarbonyl (C=S) groups is 1. The Morgan fingerprint density at radius 1 is 1.31 bits per heavy atom. The fourth-order valence-corrected chi connectivity index (χ4v) is 4.71. The standard InChI is InChI=1S/C22H20BrNO3S2/c1-4-7-15-10-14(11-18(27-5-2)20(15)26-3)12-19-21(25)24(22(28)29-19)17-9-6-8-16(23)13-17/h4,6,8-13H,1,5,7H2,2-3H3/b19-12+. The molecule has 0 radical (unpaired) electrons. The minimum atomic E-state index is -0.142. The maximum Gasteiger partial charge on any atom is 0.270 e. The SMILES string of the molecule is C=CCc1cc(/C=C2/SC(=S)N(c3cccc(Br)c3)C2=O)cc(OCC)c1OC. The average Bonchev–Trinajstić information content (AvgIpc) is 2.95. The first kappa shape index (κ1) is 21.6. The van der Waals surface area contributed by atoms with Crippen molar-refractivity contribution in [1.29, 1.82) is 0 Å². The Bertz CT molecular complexity index is 1000. The summed E-state index contributed by atoms with van der Waals surface area (Å²) in [6.07, 6.45) is 4.28. The zero-order valence-corrected chi connectivity index (χ0v) is 19.3. The summed E-state index contributed by atoms with van der Waals surface area (Å²) in [7, 11) is 1.62. The van der Waals surface area contributed by atoms with Crippen LogP contribution in [0.4, 0.5) is 5.69 Å². The van der Waals surface area contributed by atoms with Crippen LogP contribution in [0.3, 0.4) is 0 Å². The number of hydrogen-bond acceptors (Lipinski definition) is 5. The van der Waals surface area contributed by atoms with Gasteiger partial charge in [-0.15, -0.1) is 6.58 Å². The molecule has 1 aliphatic heterocycles. The number of thioether (sulfide) groups is 1. The Morgan fingerprint density at radius 2 is 2.10 bits per heavy atom. The summed E-state index contributed by atoms with van der Waals surface area (Å²) in [4.78, 5) is 15.2. The number of rotatable bonds is 7. The largest absolute Gasteiger partial charge is 0.493 e. The van der Waals surface area contributed by atoms with E-state index in [0.717, 1.165) is 21.3 Å². The summed E-state index contributed by atoms with van der Waals surface area (Å²) in [5.74, 6) is 1.19. The maximum atomic E-state index is 13.0. The van der Waals surface area contributed by atoms with Gasteiger partial charge in [-0.05, 0) is 55.3 Å². The molecule has 0 N–H and O–H groups in total. The van der Waals surface area contributed by atoms with Crippen LogP contribution in [0.25, 0.3) is 6.08 Å². The Morgan fingerprint density at radius 3 is 2.76 bits per heavy atom. The van der Waals surface area contributed by atoms with E-state index < -0.39 is 0 Å². The Labute approximate surface area is 188 Å². The molecule has 0 aliphatic carbocycles. The van der Waals surface area contributed by atoms with E-state index in [9.17, 15) is 4.79 Å². The fraction of sp³-hybridized carbons (Fsp3) is 0.182. The van der Waals surface area contributed by atoms with Gasteiger partial charge in [0.05, 0.1) is 24.3 Å². The minimum Gasteiger partial charge on any atom is -0.493 e. The molecule has 3 rings (SSSR count). The van der Waals surface area contributed by atoms with Crippen LogP contribution in [-0.4, -0.2) is 23.9 Å². The van der Waals surface area contributed by atoms with E-state index in [1.165, 1.54) is 11.8 Å². The molecule has 7 heteroatoms. The van der Waals surface area contributed by atoms with Crippen molar-refractivity contribution in [3.05, 3.63) is 69.6 Å². The summed E-state index contributed by atoms with van der Waals surface area (Å²) in [5.41, 5.74) is 2.53. The number of nitrogens with zero attached hydrogens (tertiary/aromatic N) is 1. The van der Waals surface area contributed by atoms with Gasteiger partial charge < -0.3 is 9.47 Å². The Kier molecular flexibility index (Phi) is 7.16. The molecule has 1 aliphatic rings. The van der Waals surface area contributed by atoms with Gasteiger partial charge >= 0.3 is 0 Å². The van der Waals surface area contributed by atoms with E-state index in [-0.39, 0.29) is 5.91 Å². The number of methoxy groups -OCH3 is 1. The molecule has 2 aromatic carbocycles. The third-order valence-electron chi connectivity index (χ3n) is 4.18. The second-order valence-electron chi connectivity index (χ2n) is 6.13. The normalized spacial score (nSPS) is 15.1. The minimum absolute atomic E-state index is 0.142. The monoisotopic (exact) mass is 489 g/mol. The molecule has 29 heavy (non-hydrogen) atoms. The van der Waals surface area contributed by atoms with Gasteiger partial charge in [0.25, 0.3) is 5.91 Å². The van der Waals surface area contributed by atoms with Crippen LogP contribution in [-0.2, 0) is 11.2 Å². The van der Waals surface area contributed by atoms with Crippen molar-refractivity contribution >= 4 is 61.9 Å². The van der Waals surface area contributed by atoms with Crippen LogP contribution < -0.4 is 14.4 Å². The molecule has 0 spiro atoms. The fourth-order valence-electron chi connectivity index (χ4n) is 3.03. The number of hydrogen-bond donors (Lipinski definition) is 0. The molecule has 2 aromatic rings. The third-order valence-corrected chi connectivity index (χ3v) is 5.98. The average molecular weight is 490 g/mol. The van der Waals surface area contributed by atoms with Crippen molar-refractivity contribution in [2.24, 2.45) is 0 Å². The van der Waals surface area contributed by atoms with Crippen LogP contribution in [0.1, 0.15) is 18.1 Å². The quantitative estimate of drug-likeness (QED) is 0.271. The molecule has 1 amide bonds. The topological polar surface area (TPSA) is 38.8 Å². The van der Waals surface area contributed by atoms with Crippen molar-refractivity contribution in [3.63, 3.8) is 0 Å². The molecule has 1 fully saturated rings. The van der Waals surface area contributed by atoms with E-state index in [4.69, 9.17) is 21.7 Å². The highest BCUT2D eigenvalue weighted by Crippen LogP contribution is 2.39.